The highest BCUT2D eigenvalue weighted by Gasteiger charge is 1.98. The lowest BCUT2D eigenvalue weighted by Gasteiger charge is -2.08. The first kappa shape index (κ1) is 11.9. The molecule has 0 aromatic carbocycles. The van der Waals surface area contributed by atoms with Crippen molar-refractivity contribution in [2.45, 2.75) is 26.2 Å². The largest absolute Gasteiger partial charge is 0.402 e. The lowest BCUT2D eigenvalue weighted by Crippen LogP contribution is -1.93. The van der Waals surface area contributed by atoms with E-state index < -0.39 is 10.0 Å². The standard InChI is InChI=1S/C7H12.C2H8O2Si/c1-7-5-3-2-4-6-7;1-3-5-4-2/h3,5,7H,2,4,6H2,1H3;5H2,1-2H3. The second-order valence-corrected chi connectivity index (χ2v) is 4.42. The van der Waals surface area contributed by atoms with Gasteiger partial charge >= 0.3 is 10.0 Å². The molecule has 0 radical (unpaired) electrons. The van der Waals surface area contributed by atoms with E-state index in [0.717, 1.165) is 5.92 Å². The fourth-order valence-electron chi connectivity index (χ4n) is 1.10. The average molecular weight is 188 g/mol. The summed E-state index contributed by atoms with van der Waals surface area (Å²) in [6.07, 6.45) is 8.70. The summed E-state index contributed by atoms with van der Waals surface area (Å²) < 4.78 is 9.22. The van der Waals surface area contributed by atoms with E-state index in [0.29, 0.717) is 0 Å². The van der Waals surface area contributed by atoms with Gasteiger partial charge in [0, 0.05) is 14.2 Å². The highest BCUT2D eigenvalue weighted by molar-refractivity contribution is 6.17. The normalized spacial score (nSPS) is 21.4. The van der Waals surface area contributed by atoms with Gasteiger partial charge in [-0.05, 0) is 25.2 Å². The predicted octanol–water partition coefficient (Wildman–Crippen LogP) is 1.64. The van der Waals surface area contributed by atoms with Crippen LogP contribution in [0.4, 0.5) is 0 Å². The fourth-order valence-corrected chi connectivity index (χ4v) is 1.34. The minimum absolute atomic E-state index is 0.568. The summed E-state index contributed by atoms with van der Waals surface area (Å²) in [5, 5.41) is 0. The van der Waals surface area contributed by atoms with Crippen molar-refractivity contribution < 1.29 is 8.85 Å². The third kappa shape index (κ3) is 7.98. The molecule has 0 amide bonds. The Kier molecular flexibility index (Phi) is 8.88. The van der Waals surface area contributed by atoms with Crippen molar-refractivity contribution in [3.63, 3.8) is 0 Å². The molecule has 3 heteroatoms. The van der Waals surface area contributed by atoms with E-state index in [1.54, 1.807) is 14.2 Å². The summed E-state index contributed by atoms with van der Waals surface area (Å²) in [4.78, 5) is 0. The Morgan fingerprint density at radius 3 is 2.17 bits per heavy atom. The Balaban J connectivity index is 0.000000217. The van der Waals surface area contributed by atoms with Gasteiger partial charge in [0.2, 0.25) is 0 Å². The van der Waals surface area contributed by atoms with E-state index in [1.165, 1.54) is 19.3 Å². The Morgan fingerprint density at radius 1 is 1.33 bits per heavy atom. The van der Waals surface area contributed by atoms with Crippen LogP contribution in [-0.2, 0) is 8.85 Å². The summed E-state index contributed by atoms with van der Waals surface area (Å²) in [6, 6.07) is 0. The highest BCUT2D eigenvalue weighted by Crippen LogP contribution is 2.14. The summed E-state index contributed by atoms with van der Waals surface area (Å²) in [5.41, 5.74) is 0. The van der Waals surface area contributed by atoms with Crippen molar-refractivity contribution in [1.82, 2.24) is 0 Å². The number of rotatable bonds is 2. The molecule has 0 saturated carbocycles. The van der Waals surface area contributed by atoms with Crippen LogP contribution in [0.3, 0.4) is 0 Å². The molecule has 0 aromatic heterocycles. The van der Waals surface area contributed by atoms with Gasteiger partial charge in [0.25, 0.3) is 0 Å². The number of allylic oxidation sites excluding steroid dienone is 2. The Morgan fingerprint density at radius 2 is 2.00 bits per heavy atom. The van der Waals surface area contributed by atoms with Crippen LogP contribution < -0.4 is 0 Å². The Hall–Kier alpha value is -0.123. The molecular weight excluding hydrogens is 168 g/mol. The third-order valence-corrected chi connectivity index (χ3v) is 2.20. The molecule has 1 atom stereocenters. The van der Waals surface area contributed by atoms with Crippen molar-refractivity contribution in [2.24, 2.45) is 5.92 Å². The molecule has 0 fully saturated rings. The van der Waals surface area contributed by atoms with Crippen LogP contribution in [0.2, 0.25) is 0 Å². The summed E-state index contributed by atoms with van der Waals surface area (Å²) in [7, 11) is 2.73. The molecule has 0 heterocycles. The lowest BCUT2D eigenvalue weighted by atomic mass is 9.98. The van der Waals surface area contributed by atoms with Gasteiger partial charge < -0.3 is 8.85 Å². The molecule has 12 heavy (non-hydrogen) atoms. The minimum atomic E-state index is -0.568. The van der Waals surface area contributed by atoms with Crippen LogP contribution in [0.1, 0.15) is 26.2 Å². The Labute approximate surface area is 78.0 Å². The first-order chi connectivity index (χ1) is 5.81. The highest BCUT2D eigenvalue weighted by atomic mass is 28.3. The molecule has 1 unspecified atom stereocenters. The van der Waals surface area contributed by atoms with Gasteiger partial charge in [-0.15, -0.1) is 0 Å². The van der Waals surface area contributed by atoms with Crippen LogP contribution in [0, 0.1) is 5.92 Å². The predicted molar refractivity (Wildman–Crippen MR) is 54.7 cm³/mol. The van der Waals surface area contributed by atoms with Crippen LogP contribution in [0.25, 0.3) is 0 Å². The first-order valence-corrected chi connectivity index (χ1v) is 5.61. The molecule has 1 rings (SSSR count). The number of hydrogen-bond acceptors (Lipinski definition) is 2. The molecule has 72 valence electrons. The second kappa shape index (κ2) is 8.97. The molecule has 1 aliphatic rings. The van der Waals surface area contributed by atoms with Gasteiger partial charge in [0.1, 0.15) is 0 Å². The molecule has 0 bridgehead atoms. The van der Waals surface area contributed by atoms with E-state index in [1.807, 2.05) is 0 Å². The molecule has 0 spiro atoms. The molecule has 0 N–H and O–H groups in total. The fraction of sp³-hybridized carbons (Fsp3) is 0.778. The van der Waals surface area contributed by atoms with E-state index >= 15 is 0 Å². The molecule has 2 nitrogen and oxygen atoms in total. The van der Waals surface area contributed by atoms with Gasteiger partial charge in [0.05, 0.1) is 0 Å². The zero-order valence-electron chi connectivity index (χ0n) is 8.38. The zero-order chi connectivity index (χ0) is 9.23. The molecular formula is C9H20O2Si. The smallest absolute Gasteiger partial charge is 0.303 e. The third-order valence-electron chi connectivity index (χ3n) is 1.73. The van der Waals surface area contributed by atoms with Crippen molar-refractivity contribution in [1.29, 1.82) is 0 Å². The van der Waals surface area contributed by atoms with Crippen LogP contribution in [0.15, 0.2) is 12.2 Å². The second-order valence-electron chi connectivity index (χ2n) is 3.03. The number of hydrogen-bond donors (Lipinski definition) is 0. The first-order valence-electron chi connectivity index (χ1n) is 4.45. The van der Waals surface area contributed by atoms with Gasteiger partial charge in [-0.25, -0.2) is 0 Å². The van der Waals surface area contributed by atoms with E-state index in [2.05, 4.69) is 27.9 Å². The van der Waals surface area contributed by atoms with Gasteiger partial charge in [-0.2, -0.15) is 0 Å². The van der Waals surface area contributed by atoms with Crippen LogP contribution in [0.5, 0.6) is 0 Å². The maximum Gasteiger partial charge on any atom is 0.303 e. The van der Waals surface area contributed by atoms with E-state index in [9.17, 15) is 0 Å². The van der Waals surface area contributed by atoms with Crippen molar-refractivity contribution in [3.05, 3.63) is 12.2 Å². The summed E-state index contributed by atoms with van der Waals surface area (Å²) in [5.74, 6) is 0.855. The van der Waals surface area contributed by atoms with Gasteiger partial charge in [-0.1, -0.05) is 19.1 Å². The van der Waals surface area contributed by atoms with Gasteiger partial charge in [-0.3, -0.25) is 0 Å². The van der Waals surface area contributed by atoms with Crippen molar-refractivity contribution in [3.8, 4) is 0 Å². The molecule has 0 saturated heterocycles. The van der Waals surface area contributed by atoms with E-state index in [-0.39, 0.29) is 0 Å². The van der Waals surface area contributed by atoms with Crippen molar-refractivity contribution in [2.75, 3.05) is 14.2 Å². The average Bonchev–Trinajstić information content (AvgIpc) is 2.08. The van der Waals surface area contributed by atoms with Gasteiger partial charge in [0.15, 0.2) is 0 Å². The zero-order valence-corrected chi connectivity index (χ0v) is 9.79. The summed E-state index contributed by atoms with van der Waals surface area (Å²) >= 11 is 0. The Bertz CT molecular complexity index is 113. The minimum Gasteiger partial charge on any atom is -0.402 e. The molecule has 0 aliphatic heterocycles. The molecule has 0 aromatic rings. The summed E-state index contributed by atoms with van der Waals surface area (Å²) in [6.45, 7) is 2.27. The topological polar surface area (TPSA) is 18.5 Å². The monoisotopic (exact) mass is 188 g/mol. The van der Waals surface area contributed by atoms with Crippen LogP contribution >= 0.6 is 0 Å². The SMILES string of the molecule is CC1C=CCCC1.CO[SiH2]OC. The molecule has 1 aliphatic carbocycles. The lowest BCUT2D eigenvalue weighted by molar-refractivity contribution is 0.309. The maximum absolute atomic E-state index is 4.61. The van der Waals surface area contributed by atoms with Crippen molar-refractivity contribution >= 4 is 10.0 Å². The maximum atomic E-state index is 4.61. The van der Waals surface area contributed by atoms with E-state index in [4.69, 9.17) is 0 Å². The van der Waals surface area contributed by atoms with Crippen LogP contribution in [-0.4, -0.2) is 24.2 Å². The quantitative estimate of drug-likeness (QED) is 0.484.